The van der Waals surface area contributed by atoms with Crippen LogP contribution in [0.5, 0.6) is 0 Å². The van der Waals surface area contributed by atoms with E-state index in [1.165, 1.54) is 23.5 Å². The molecule has 2 rings (SSSR count). The summed E-state index contributed by atoms with van der Waals surface area (Å²) in [5.41, 5.74) is 0.307. The van der Waals surface area contributed by atoms with Crippen LogP contribution in [0.4, 0.5) is 10.1 Å². The summed E-state index contributed by atoms with van der Waals surface area (Å²) < 4.78 is 13.5. The van der Waals surface area contributed by atoms with Crippen LogP contribution in [0.2, 0.25) is 0 Å². The highest BCUT2D eigenvalue weighted by Gasteiger charge is 2.16. The van der Waals surface area contributed by atoms with Gasteiger partial charge >= 0.3 is 0 Å². The molecule has 0 fully saturated rings. The van der Waals surface area contributed by atoms with Crippen molar-refractivity contribution in [3.05, 3.63) is 52.0 Å². The molecule has 2 aromatic rings. The average Bonchev–Trinajstić information content (AvgIpc) is 3.13. The van der Waals surface area contributed by atoms with E-state index < -0.39 is 11.9 Å². The fraction of sp³-hybridized carbons (Fsp3) is 0.235. The average molecular weight is 360 g/mol. The fourth-order valence-electron chi connectivity index (χ4n) is 2.06. The third-order valence-electron chi connectivity index (χ3n) is 3.35. The number of benzene rings is 1. The Morgan fingerprint density at radius 2 is 2.08 bits per heavy atom. The lowest BCUT2D eigenvalue weighted by Gasteiger charge is -2.14. The summed E-state index contributed by atoms with van der Waals surface area (Å²) in [5.74, 6) is -1.22. The molecule has 0 aliphatic carbocycles. The van der Waals surface area contributed by atoms with Crippen molar-refractivity contribution in [2.45, 2.75) is 13.0 Å². The molecule has 25 heavy (non-hydrogen) atoms. The predicted octanol–water partition coefficient (Wildman–Crippen LogP) is 2.11. The Kier molecular flexibility index (Phi) is 6.48. The molecule has 0 spiro atoms. The summed E-state index contributed by atoms with van der Waals surface area (Å²) in [7, 11) is 0. The summed E-state index contributed by atoms with van der Waals surface area (Å²) >= 11 is 1.30. The second-order valence-electron chi connectivity index (χ2n) is 5.16. The molecule has 130 valence electrons. The Hall–Kier alpha value is -2.92. The Morgan fingerprint density at radius 1 is 1.28 bits per heavy atom. The number of anilines is 1. The Morgan fingerprint density at radius 3 is 2.76 bits per heavy atom. The van der Waals surface area contributed by atoms with Gasteiger partial charge in [-0.2, -0.15) is 5.26 Å². The highest BCUT2D eigenvalue weighted by molar-refractivity contribution is 7.12. The van der Waals surface area contributed by atoms with Crippen LogP contribution in [0.3, 0.4) is 0 Å². The predicted molar refractivity (Wildman–Crippen MR) is 93.9 cm³/mol. The third kappa shape index (κ3) is 5.02. The van der Waals surface area contributed by atoms with Crippen LogP contribution < -0.4 is 16.0 Å². The minimum Gasteiger partial charge on any atom is -0.382 e. The summed E-state index contributed by atoms with van der Waals surface area (Å²) in [6.07, 6.45) is 0. The van der Waals surface area contributed by atoms with Crippen molar-refractivity contribution in [3.8, 4) is 6.07 Å². The Bertz CT molecular complexity index is 786. The molecule has 1 heterocycles. The van der Waals surface area contributed by atoms with Gasteiger partial charge in [0.05, 0.1) is 10.6 Å². The van der Waals surface area contributed by atoms with Gasteiger partial charge in [0, 0.05) is 13.1 Å². The first kappa shape index (κ1) is 18.4. The van der Waals surface area contributed by atoms with Crippen LogP contribution in [0, 0.1) is 17.1 Å². The van der Waals surface area contributed by atoms with Crippen molar-refractivity contribution in [3.63, 3.8) is 0 Å². The molecule has 2 amide bonds. The van der Waals surface area contributed by atoms with E-state index in [1.807, 2.05) is 0 Å². The molecular formula is C17H17FN4O2S. The van der Waals surface area contributed by atoms with Gasteiger partial charge in [0.25, 0.3) is 5.91 Å². The van der Waals surface area contributed by atoms with Gasteiger partial charge in [0.2, 0.25) is 5.91 Å². The van der Waals surface area contributed by atoms with E-state index >= 15 is 0 Å². The molecule has 1 unspecified atom stereocenters. The molecule has 0 saturated heterocycles. The number of amides is 2. The molecule has 1 atom stereocenters. The number of hydrogen-bond donors (Lipinski definition) is 3. The van der Waals surface area contributed by atoms with Gasteiger partial charge in [-0.25, -0.2) is 4.39 Å². The number of halogens is 1. The van der Waals surface area contributed by atoms with Gasteiger partial charge in [-0.3, -0.25) is 9.59 Å². The van der Waals surface area contributed by atoms with Crippen molar-refractivity contribution in [1.82, 2.24) is 10.6 Å². The van der Waals surface area contributed by atoms with Crippen molar-refractivity contribution >= 4 is 28.8 Å². The second kappa shape index (κ2) is 8.80. The van der Waals surface area contributed by atoms with Crippen LogP contribution >= 0.6 is 11.3 Å². The summed E-state index contributed by atoms with van der Waals surface area (Å²) in [6.45, 7) is 2.17. The first-order valence-electron chi connectivity index (χ1n) is 7.57. The van der Waals surface area contributed by atoms with Crippen LogP contribution in [-0.4, -0.2) is 30.9 Å². The normalized spacial score (nSPS) is 11.2. The van der Waals surface area contributed by atoms with Crippen LogP contribution in [-0.2, 0) is 4.79 Å². The number of nitrogens with one attached hydrogen (secondary N) is 3. The molecule has 0 saturated carbocycles. The molecular weight excluding hydrogens is 343 g/mol. The highest BCUT2D eigenvalue weighted by Crippen LogP contribution is 2.17. The number of carbonyl (C=O) groups excluding carboxylic acids is 2. The van der Waals surface area contributed by atoms with E-state index in [0.29, 0.717) is 17.1 Å². The Balaban J connectivity index is 1.76. The van der Waals surface area contributed by atoms with Gasteiger partial charge < -0.3 is 16.0 Å². The topological polar surface area (TPSA) is 94.0 Å². The van der Waals surface area contributed by atoms with Crippen molar-refractivity contribution in [2.24, 2.45) is 0 Å². The smallest absolute Gasteiger partial charge is 0.261 e. The second-order valence-corrected chi connectivity index (χ2v) is 6.11. The molecule has 1 aromatic heterocycles. The van der Waals surface area contributed by atoms with Gasteiger partial charge in [-0.1, -0.05) is 12.1 Å². The van der Waals surface area contributed by atoms with Crippen LogP contribution in [0.25, 0.3) is 0 Å². The first-order chi connectivity index (χ1) is 12.0. The molecule has 0 radical (unpaired) electrons. The fourth-order valence-corrected chi connectivity index (χ4v) is 2.69. The molecule has 0 aliphatic rings. The molecule has 3 N–H and O–H groups in total. The van der Waals surface area contributed by atoms with Gasteiger partial charge in [0.1, 0.15) is 23.5 Å². The largest absolute Gasteiger partial charge is 0.382 e. The van der Waals surface area contributed by atoms with E-state index in [4.69, 9.17) is 5.26 Å². The summed E-state index contributed by atoms with van der Waals surface area (Å²) in [6, 6.07) is 8.86. The van der Waals surface area contributed by atoms with Crippen LogP contribution in [0.15, 0.2) is 35.7 Å². The van der Waals surface area contributed by atoms with E-state index in [1.54, 1.807) is 36.6 Å². The molecule has 1 aromatic carbocycles. The molecule has 6 nitrogen and oxygen atoms in total. The number of nitrogens with zero attached hydrogens (tertiary/aromatic N) is 1. The molecule has 0 aliphatic heterocycles. The van der Waals surface area contributed by atoms with E-state index in [0.717, 1.165) is 0 Å². The lowest BCUT2D eigenvalue weighted by Crippen LogP contribution is -2.45. The third-order valence-corrected chi connectivity index (χ3v) is 4.22. The number of hydrogen-bond acceptors (Lipinski definition) is 5. The van der Waals surface area contributed by atoms with E-state index in [9.17, 15) is 14.0 Å². The van der Waals surface area contributed by atoms with Crippen molar-refractivity contribution in [1.29, 1.82) is 5.26 Å². The Labute approximate surface area is 148 Å². The minimum absolute atomic E-state index is 0.0644. The van der Waals surface area contributed by atoms with E-state index in [2.05, 4.69) is 16.0 Å². The molecule has 0 bridgehead atoms. The zero-order valence-corrected chi connectivity index (χ0v) is 14.3. The zero-order valence-electron chi connectivity index (χ0n) is 13.5. The maximum absolute atomic E-state index is 13.5. The van der Waals surface area contributed by atoms with Crippen molar-refractivity contribution < 1.29 is 14.0 Å². The number of nitriles is 1. The van der Waals surface area contributed by atoms with Gasteiger partial charge in [-0.15, -0.1) is 11.3 Å². The number of carbonyl (C=O) groups is 2. The molecule has 8 heteroatoms. The standard InChI is InChI=1S/C17H17FN4O2S/c1-11(22-17(24)15-6-3-9-25-15)16(23)21-8-7-20-14-5-2-4-13(18)12(14)10-19/h2-6,9,11,20H,7-8H2,1H3,(H,21,23)(H,22,24). The maximum atomic E-state index is 13.5. The van der Waals surface area contributed by atoms with Crippen LogP contribution in [0.1, 0.15) is 22.2 Å². The van der Waals surface area contributed by atoms with Crippen molar-refractivity contribution in [2.75, 3.05) is 18.4 Å². The summed E-state index contributed by atoms with van der Waals surface area (Å²) in [5, 5.41) is 18.9. The quantitative estimate of drug-likeness (QED) is 0.659. The van der Waals surface area contributed by atoms with E-state index in [-0.39, 0.29) is 23.9 Å². The monoisotopic (exact) mass is 360 g/mol. The van der Waals surface area contributed by atoms with Gasteiger partial charge in [0.15, 0.2) is 0 Å². The maximum Gasteiger partial charge on any atom is 0.261 e. The zero-order chi connectivity index (χ0) is 18.2. The SMILES string of the molecule is CC(NC(=O)c1cccs1)C(=O)NCCNc1cccc(F)c1C#N. The number of rotatable bonds is 7. The lowest BCUT2D eigenvalue weighted by molar-refractivity contribution is -0.122. The minimum atomic E-state index is -0.682. The highest BCUT2D eigenvalue weighted by atomic mass is 32.1. The lowest BCUT2D eigenvalue weighted by atomic mass is 10.2. The van der Waals surface area contributed by atoms with Gasteiger partial charge in [-0.05, 0) is 30.5 Å². The first-order valence-corrected chi connectivity index (χ1v) is 8.45. The summed E-state index contributed by atoms with van der Waals surface area (Å²) in [4.78, 5) is 24.4. The number of thiophene rings is 1.